The number of rotatable bonds is 5. The number of thiophene rings is 1. The molecule has 6 heteroatoms. The first-order valence-corrected chi connectivity index (χ1v) is 10.3. The van der Waals surface area contributed by atoms with Gasteiger partial charge in [-0.15, -0.1) is 11.3 Å². The fourth-order valence-electron chi connectivity index (χ4n) is 3.56. The summed E-state index contributed by atoms with van der Waals surface area (Å²) in [6, 6.07) is 7.61. The Morgan fingerprint density at radius 2 is 1.85 bits per heavy atom. The molecule has 2 aromatic heterocycles. The summed E-state index contributed by atoms with van der Waals surface area (Å²) in [4.78, 5) is 24.0. The lowest BCUT2D eigenvalue weighted by Crippen LogP contribution is -2.29. The van der Waals surface area contributed by atoms with Gasteiger partial charge in [0.15, 0.2) is 0 Å². The van der Waals surface area contributed by atoms with Gasteiger partial charge in [-0.1, -0.05) is 17.7 Å². The van der Waals surface area contributed by atoms with Crippen molar-refractivity contribution in [2.75, 3.05) is 18.4 Å². The molecule has 3 aromatic rings. The molecule has 4 rings (SSSR count). The number of fused-ring (bicyclic) bond motifs is 3. The minimum atomic E-state index is -0.0475. The Morgan fingerprint density at radius 3 is 2.67 bits per heavy atom. The molecule has 0 aliphatic heterocycles. The molecule has 0 unspecified atom stereocenters. The standard InChI is InChI=1S/C21H24N4OS/c1-13-7-9-15(10-8-13)20(26)23-12-11-22-19-18-16-5-3-4-6-17(16)27-21(18)25-14(2)24-19/h7-10H,3-6,11-12H2,1-2H3,(H,23,26)(H,22,24,25). The summed E-state index contributed by atoms with van der Waals surface area (Å²) in [6.45, 7) is 5.12. The predicted molar refractivity (Wildman–Crippen MR) is 111 cm³/mol. The zero-order valence-electron chi connectivity index (χ0n) is 15.8. The number of carbonyl (C=O) groups is 1. The number of aryl methyl sites for hydroxylation is 4. The zero-order valence-corrected chi connectivity index (χ0v) is 16.6. The van der Waals surface area contributed by atoms with Crippen molar-refractivity contribution in [3.05, 3.63) is 51.7 Å². The van der Waals surface area contributed by atoms with Crippen LogP contribution < -0.4 is 10.6 Å². The predicted octanol–water partition coefficient (Wildman–Crippen LogP) is 4.03. The largest absolute Gasteiger partial charge is 0.368 e. The van der Waals surface area contributed by atoms with Gasteiger partial charge in [-0.2, -0.15) is 0 Å². The number of hydrogen-bond donors (Lipinski definition) is 2. The molecule has 0 bridgehead atoms. The second kappa shape index (κ2) is 7.64. The van der Waals surface area contributed by atoms with Gasteiger partial charge in [0.2, 0.25) is 0 Å². The van der Waals surface area contributed by atoms with Crippen LogP contribution in [0.25, 0.3) is 10.2 Å². The molecular weight excluding hydrogens is 356 g/mol. The summed E-state index contributed by atoms with van der Waals surface area (Å²) in [5.41, 5.74) is 3.26. The van der Waals surface area contributed by atoms with E-state index in [0.717, 1.165) is 34.9 Å². The van der Waals surface area contributed by atoms with E-state index < -0.39 is 0 Å². The fraction of sp³-hybridized carbons (Fsp3) is 0.381. The quantitative estimate of drug-likeness (QED) is 0.656. The minimum absolute atomic E-state index is 0.0475. The van der Waals surface area contributed by atoms with Gasteiger partial charge in [0.25, 0.3) is 5.91 Å². The smallest absolute Gasteiger partial charge is 0.251 e. The number of hydrogen-bond acceptors (Lipinski definition) is 5. The molecule has 1 amide bonds. The molecule has 27 heavy (non-hydrogen) atoms. The Balaban J connectivity index is 1.43. The molecule has 0 saturated carbocycles. The SMILES string of the molecule is Cc1ccc(C(=O)NCCNc2nc(C)nc3sc4c(c23)CCCC4)cc1. The zero-order chi connectivity index (χ0) is 18.8. The Morgan fingerprint density at radius 1 is 1.07 bits per heavy atom. The van der Waals surface area contributed by atoms with Gasteiger partial charge in [0, 0.05) is 23.5 Å². The van der Waals surface area contributed by atoms with Gasteiger partial charge in [0.1, 0.15) is 16.5 Å². The molecular formula is C21H24N4OS. The van der Waals surface area contributed by atoms with Crippen LogP contribution in [0.3, 0.4) is 0 Å². The number of carbonyl (C=O) groups excluding carboxylic acids is 1. The van der Waals surface area contributed by atoms with Crippen molar-refractivity contribution in [3.63, 3.8) is 0 Å². The van der Waals surface area contributed by atoms with E-state index in [0.29, 0.717) is 18.7 Å². The summed E-state index contributed by atoms with van der Waals surface area (Å²) in [5, 5.41) is 7.57. The molecule has 0 radical (unpaired) electrons. The molecule has 0 saturated heterocycles. The van der Waals surface area contributed by atoms with Gasteiger partial charge in [-0.05, 0) is 57.2 Å². The number of amides is 1. The molecule has 140 valence electrons. The highest BCUT2D eigenvalue weighted by atomic mass is 32.1. The maximum atomic E-state index is 12.2. The number of nitrogens with zero attached hydrogens (tertiary/aromatic N) is 2. The van der Waals surface area contributed by atoms with E-state index in [1.54, 1.807) is 0 Å². The van der Waals surface area contributed by atoms with Crippen LogP contribution in [0.1, 0.15) is 45.0 Å². The fourth-order valence-corrected chi connectivity index (χ4v) is 4.86. The third-order valence-corrected chi connectivity index (χ3v) is 6.13. The molecule has 2 N–H and O–H groups in total. The van der Waals surface area contributed by atoms with E-state index in [1.165, 1.54) is 28.7 Å². The summed E-state index contributed by atoms with van der Waals surface area (Å²) in [6.07, 6.45) is 4.76. The van der Waals surface area contributed by atoms with E-state index in [-0.39, 0.29) is 5.91 Å². The lowest BCUT2D eigenvalue weighted by molar-refractivity contribution is 0.0955. The third-order valence-electron chi connectivity index (χ3n) is 4.94. The summed E-state index contributed by atoms with van der Waals surface area (Å²) < 4.78 is 0. The van der Waals surface area contributed by atoms with Crippen molar-refractivity contribution in [1.82, 2.24) is 15.3 Å². The van der Waals surface area contributed by atoms with E-state index in [2.05, 4.69) is 20.6 Å². The Hall–Kier alpha value is -2.47. The second-order valence-electron chi connectivity index (χ2n) is 7.06. The average molecular weight is 381 g/mol. The molecule has 1 aliphatic rings. The van der Waals surface area contributed by atoms with Crippen molar-refractivity contribution in [1.29, 1.82) is 0 Å². The van der Waals surface area contributed by atoms with Gasteiger partial charge < -0.3 is 10.6 Å². The highest BCUT2D eigenvalue weighted by Crippen LogP contribution is 2.38. The molecule has 2 heterocycles. The average Bonchev–Trinajstić information content (AvgIpc) is 3.03. The van der Waals surface area contributed by atoms with Crippen LogP contribution in [0.5, 0.6) is 0 Å². The van der Waals surface area contributed by atoms with Crippen molar-refractivity contribution in [2.45, 2.75) is 39.5 Å². The van der Waals surface area contributed by atoms with Crippen LogP contribution in [0.4, 0.5) is 5.82 Å². The van der Waals surface area contributed by atoms with Crippen LogP contribution >= 0.6 is 11.3 Å². The van der Waals surface area contributed by atoms with Crippen LogP contribution in [-0.4, -0.2) is 29.0 Å². The van der Waals surface area contributed by atoms with Gasteiger partial charge in [-0.3, -0.25) is 4.79 Å². The monoisotopic (exact) mass is 380 g/mol. The molecule has 0 fully saturated rings. The molecule has 1 aromatic carbocycles. The van der Waals surface area contributed by atoms with E-state index in [1.807, 2.05) is 49.4 Å². The lowest BCUT2D eigenvalue weighted by atomic mass is 9.97. The van der Waals surface area contributed by atoms with Crippen LogP contribution in [0.15, 0.2) is 24.3 Å². The normalized spacial score (nSPS) is 13.4. The first-order valence-electron chi connectivity index (χ1n) is 9.49. The second-order valence-corrected chi connectivity index (χ2v) is 8.14. The molecule has 1 aliphatic carbocycles. The molecule has 0 spiro atoms. The first-order chi connectivity index (χ1) is 13.1. The third kappa shape index (κ3) is 3.81. The highest BCUT2D eigenvalue weighted by molar-refractivity contribution is 7.19. The molecule has 0 atom stereocenters. The van der Waals surface area contributed by atoms with E-state index in [9.17, 15) is 4.79 Å². The van der Waals surface area contributed by atoms with E-state index >= 15 is 0 Å². The topological polar surface area (TPSA) is 66.9 Å². The summed E-state index contributed by atoms with van der Waals surface area (Å²) in [7, 11) is 0. The molecule has 5 nitrogen and oxygen atoms in total. The Labute approximate surface area is 163 Å². The van der Waals surface area contributed by atoms with Crippen LogP contribution in [-0.2, 0) is 12.8 Å². The summed E-state index contributed by atoms with van der Waals surface area (Å²) >= 11 is 1.81. The lowest BCUT2D eigenvalue weighted by Gasteiger charge is -2.13. The first kappa shape index (κ1) is 17.9. The van der Waals surface area contributed by atoms with Gasteiger partial charge in [0.05, 0.1) is 5.39 Å². The van der Waals surface area contributed by atoms with Crippen LogP contribution in [0.2, 0.25) is 0 Å². The number of nitrogens with one attached hydrogen (secondary N) is 2. The van der Waals surface area contributed by atoms with Crippen LogP contribution in [0, 0.1) is 13.8 Å². The Kier molecular flexibility index (Phi) is 5.07. The van der Waals surface area contributed by atoms with Gasteiger partial charge in [-0.25, -0.2) is 9.97 Å². The minimum Gasteiger partial charge on any atom is -0.368 e. The van der Waals surface area contributed by atoms with Crippen molar-refractivity contribution in [3.8, 4) is 0 Å². The highest BCUT2D eigenvalue weighted by Gasteiger charge is 2.20. The Bertz CT molecular complexity index is 978. The van der Waals surface area contributed by atoms with Crippen molar-refractivity contribution < 1.29 is 4.79 Å². The van der Waals surface area contributed by atoms with Crippen molar-refractivity contribution >= 4 is 33.3 Å². The summed E-state index contributed by atoms with van der Waals surface area (Å²) in [5.74, 6) is 1.64. The number of aromatic nitrogens is 2. The van der Waals surface area contributed by atoms with E-state index in [4.69, 9.17) is 0 Å². The maximum absolute atomic E-state index is 12.2. The van der Waals surface area contributed by atoms with Gasteiger partial charge >= 0.3 is 0 Å². The number of anilines is 1. The van der Waals surface area contributed by atoms with Crippen molar-refractivity contribution in [2.24, 2.45) is 0 Å². The maximum Gasteiger partial charge on any atom is 0.251 e. The number of benzene rings is 1.